The molecule has 0 saturated heterocycles. The Hall–Kier alpha value is -3.72. The number of fused-ring (bicyclic) bond motifs is 1. The van der Waals surface area contributed by atoms with Crippen LogP contribution in [0.1, 0.15) is 44.4 Å². The molecule has 0 spiro atoms. The van der Waals surface area contributed by atoms with Crippen molar-refractivity contribution in [2.75, 3.05) is 20.8 Å². The highest BCUT2D eigenvalue weighted by Crippen LogP contribution is 2.47. The van der Waals surface area contributed by atoms with Gasteiger partial charge >= 0.3 is 5.97 Å². The van der Waals surface area contributed by atoms with E-state index in [0.29, 0.717) is 46.0 Å². The Bertz CT molecular complexity index is 1290. The number of esters is 1. The van der Waals surface area contributed by atoms with Crippen molar-refractivity contribution in [1.29, 1.82) is 0 Å². The maximum atomic E-state index is 13.7. The Balaban J connectivity index is 1.73. The molecule has 0 radical (unpaired) electrons. The van der Waals surface area contributed by atoms with E-state index in [1.54, 1.807) is 27.2 Å². The smallest absolute Gasteiger partial charge is 0.338 e. The summed E-state index contributed by atoms with van der Waals surface area (Å²) < 4.78 is 17.0. The summed E-state index contributed by atoms with van der Waals surface area (Å²) in [6.07, 6.45) is 0.146. The van der Waals surface area contributed by atoms with Gasteiger partial charge in [-0.25, -0.2) is 9.79 Å². The lowest BCUT2D eigenvalue weighted by molar-refractivity contribution is -0.141. The molecule has 1 N–H and O–H groups in total. The number of methoxy groups -OCH3 is 2. The summed E-state index contributed by atoms with van der Waals surface area (Å²) in [5, 5.41) is 5.58. The molecule has 0 bridgehead atoms. The van der Waals surface area contributed by atoms with Crippen LogP contribution in [0.15, 0.2) is 75.9 Å². The zero-order valence-electron chi connectivity index (χ0n) is 22.3. The molecule has 8 nitrogen and oxygen atoms in total. The first-order valence-electron chi connectivity index (χ1n) is 12.5. The monoisotopic (exact) mass is 535 g/mol. The SMILES string of the molecule is COc1ccc(OC)c([C@@H]2C(C(=O)OCc3ccccc3)=C(C)N=C3SC=C(CC(=O)NCC(C)C)N32)c1. The normalized spacial score (nSPS) is 16.6. The number of nitrogens with zero attached hydrogens (tertiary/aromatic N) is 2. The van der Waals surface area contributed by atoms with Crippen LogP contribution in [0, 0.1) is 5.92 Å². The van der Waals surface area contributed by atoms with E-state index in [1.807, 2.05) is 66.6 Å². The second-order valence-electron chi connectivity index (χ2n) is 9.44. The molecule has 9 heteroatoms. The van der Waals surface area contributed by atoms with Crippen molar-refractivity contribution in [3.8, 4) is 11.5 Å². The highest BCUT2D eigenvalue weighted by Gasteiger charge is 2.42. The highest BCUT2D eigenvalue weighted by atomic mass is 32.2. The number of benzene rings is 2. The maximum Gasteiger partial charge on any atom is 0.338 e. The average Bonchev–Trinajstić information content (AvgIpc) is 3.31. The van der Waals surface area contributed by atoms with Crippen molar-refractivity contribution >= 4 is 28.8 Å². The number of hydrogen-bond donors (Lipinski definition) is 1. The minimum absolute atomic E-state index is 0.0948. The third-order valence-corrected chi connectivity index (χ3v) is 7.10. The Morgan fingerprint density at radius 1 is 1.11 bits per heavy atom. The first-order valence-corrected chi connectivity index (χ1v) is 13.3. The number of hydrogen-bond acceptors (Lipinski definition) is 8. The van der Waals surface area contributed by atoms with Crippen LogP contribution in [0.5, 0.6) is 11.5 Å². The molecule has 2 aliphatic rings. The van der Waals surface area contributed by atoms with E-state index in [0.717, 1.165) is 11.3 Å². The number of thioether (sulfide) groups is 1. The summed E-state index contributed by atoms with van der Waals surface area (Å²) in [6.45, 7) is 6.61. The van der Waals surface area contributed by atoms with Crippen molar-refractivity contribution < 1.29 is 23.8 Å². The van der Waals surface area contributed by atoms with E-state index in [-0.39, 0.29) is 18.9 Å². The van der Waals surface area contributed by atoms with Gasteiger partial charge in [0.25, 0.3) is 0 Å². The first-order chi connectivity index (χ1) is 18.3. The topological polar surface area (TPSA) is 89.5 Å². The van der Waals surface area contributed by atoms with E-state index >= 15 is 0 Å². The van der Waals surface area contributed by atoms with Crippen LogP contribution in [0.2, 0.25) is 0 Å². The Kier molecular flexibility index (Phi) is 8.78. The summed E-state index contributed by atoms with van der Waals surface area (Å²) in [5.74, 6) is 0.959. The average molecular weight is 536 g/mol. The molecule has 1 amide bonds. The number of carbonyl (C=O) groups is 2. The highest BCUT2D eigenvalue weighted by molar-refractivity contribution is 8.16. The summed E-state index contributed by atoms with van der Waals surface area (Å²) in [5.41, 5.74) is 3.27. The third kappa shape index (κ3) is 6.05. The zero-order valence-corrected chi connectivity index (χ0v) is 23.1. The van der Waals surface area contributed by atoms with Gasteiger partial charge in [0.1, 0.15) is 18.1 Å². The molecular formula is C29H33N3O5S. The number of aliphatic imine (C=N–C) groups is 1. The molecule has 0 aliphatic carbocycles. The fourth-order valence-electron chi connectivity index (χ4n) is 4.32. The number of amides is 1. The minimum Gasteiger partial charge on any atom is -0.497 e. The summed E-state index contributed by atoms with van der Waals surface area (Å²) in [6, 6.07) is 14.4. The molecule has 4 rings (SSSR count). The lowest BCUT2D eigenvalue weighted by atomic mass is 9.92. The number of amidine groups is 1. The van der Waals surface area contributed by atoms with Crippen LogP contribution in [0.25, 0.3) is 0 Å². The van der Waals surface area contributed by atoms with Crippen LogP contribution >= 0.6 is 11.8 Å². The van der Waals surface area contributed by atoms with Crippen LogP contribution in [0.4, 0.5) is 0 Å². The predicted molar refractivity (Wildman–Crippen MR) is 149 cm³/mol. The Morgan fingerprint density at radius 3 is 2.55 bits per heavy atom. The first kappa shape index (κ1) is 27.3. The van der Waals surface area contributed by atoms with Crippen molar-refractivity contribution in [3.05, 3.63) is 82.0 Å². The van der Waals surface area contributed by atoms with Gasteiger partial charge in [0.2, 0.25) is 5.91 Å². The molecule has 2 aliphatic heterocycles. The molecule has 0 aromatic heterocycles. The van der Waals surface area contributed by atoms with Gasteiger partial charge in [0.05, 0.1) is 38.0 Å². The van der Waals surface area contributed by atoms with Crippen molar-refractivity contribution in [2.45, 2.75) is 39.8 Å². The van der Waals surface area contributed by atoms with E-state index in [1.165, 1.54) is 11.8 Å². The standard InChI is InChI=1S/C29H33N3O5S/c1-18(2)15-30-25(33)13-21-17-38-29-31-19(3)26(28(34)37-16-20-9-7-6-8-10-20)27(32(21)29)23-14-22(35-4)11-12-24(23)36-5/h6-12,14,17-18,27H,13,15-16H2,1-5H3,(H,30,33)/t27-/m1/s1. The Labute approximate surface area is 227 Å². The van der Waals surface area contributed by atoms with Gasteiger partial charge in [0, 0.05) is 17.8 Å². The molecular weight excluding hydrogens is 502 g/mol. The van der Waals surface area contributed by atoms with Gasteiger partial charge in [-0.2, -0.15) is 0 Å². The van der Waals surface area contributed by atoms with Gasteiger partial charge < -0.3 is 24.4 Å². The minimum atomic E-state index is -0.630. The molecule has 2 aromatic rings. The fourth-order valence-corrected chi connectivity index (χ4v) is 5.29. The lowest BCUT2D eigenvalue weighted by Crippen LogP contribution is -2.38. The van der Waals surface area contributed by atoms with Gasteiger partial charge in [-0.3, -0.25) is 4.79 Å². The molecule has 38 heavy (non-hydrogen) atoms. The van der Waals surface area contributed by atoms with Gasteiger partial charge in [-0.1, -0.05) is 55.9 Å². The second-order valence-corrected chi connectivity index (χ2v) is 10.3. The van der Waals surface area contributed by atoms with E-state index in [9.17, 15) is 9.59 Å². The number of rotatable bonds is 10. The molecule has 1 atom stereocenters. The molecule has 2 heterocycles. The largest absolute Gasteiger partial charge is 0.497 e. The van der Waals surface area contributed by atoms with Crippen LogP contribution in [0.3, 0.4) is 0 Å². The fraction of sp³-hybridized carbons (Fsp3) is 0.345. The van der Waals surface area contributed by atoms with Crippen molar-refractivity contribution in [1.82, 2.24) is 10.2 Å². The van der Waals surface area contributed by atoms with E-state index < -0.39 is 12.0 Å². The molecule has 0 fully saturated rings. The zero-order chi connectivity index (χ0) is 27.2. The van der Waals surface area contributed by atoms with Crippen molar-refractivity contribution in [2.24, 2.45) is 10.9 Å². The van der Waals surface area contributed by atoms with Crippen LogP contribution in [-0.4, -0.2) is 42.7 Å². The molecule has 0 unspecified atom stereocenters. The number of carbonyl (C=O) groups excluding carboxylic acids is 2. The van der Waals surface area contributed by atoms with Crippen molar-refractivity contribution in [3.63, 3.8) is 0 Å². The predicted octanol–water partition coefficient (Wildman–Crippen LogP) is 5.18. The molecule has 0 saturated carbocycles. The lowest BCUT2D eigenvalue weighted by Gasteiger charge is -2.37. The quantitative estimate of drug-likeness (QED) is 0.419. The summed E-state index contributed by atoms with van der Waals surface area (Å²) in [7, 11) is 3.17. The van der Waals surface area contributed by atoms with Gasteiger partial charge in [0.15, 0.2) is 5.17 Å². The summed E-state index contributed by atoms with van der Waals surface area (Å²) >= 11 is 1.43. The van der Waals surface area contributed by atoms with E-state index in [4.69, 9.17) is 19.2 Å². The number of ether oxygens (including phenoxy) is 3. The van der Waals surface area contributed by atoms with Gasteiger partial charge in [-0.15, -0.1) is 0 Å². The molecule has 200 valence electrons. The van der Waals surface area contributed by atoms with Crippen LogP contribution < -0.4 is 14.8 Å². The number of allylic oxidation sites excluding steroid dienone is 1. The van der Waals surface area contributed by atoms with Gasteiger partial charge in [-0.05, 0) is 42.0 Å². The van der Waals surface area contributed by atoms with Crippen LogP contribution in [-0.2, 0) is 20.9 Å². The molecule has 2 aromatic carbocycles. The van der Waals surface area contributed by atoms with E-state index in [2.05, 4.69) is 5.32 Å². The Morgan fingerprint density at radius 2 is 1.87 bits per heavy atom. The third-order valence-electron chi connectivity index (χ3n) is 6.21. The second kappa shape index (κ2) is 12.2. The summed E-state index contributed by atoms with van der Waals surface area (Å²) in [4.78, 5) is 33.1. The maximum absolute atomic E-state index is 13.7. The number of nitrogens with one attached hydrogen (secondary N) is 1.